The molecule has 0 saturated carbocycles. The van der Waals surface area contributed by atoms with Crippen LogP contribution < -0.4 is 5.32 Å². The summed E-state index contributed by atoms with van der Waals surface area (Å²) in [5.41, 5.74) is 0.0347. The molecule has 138 valence electrons. The number of aliphatic carboxylic acids is 1. The van der Waals surface area contributed by atoms with Crippen molar-refractivity contribution >= 4 is 29.5 Å². The Kier molecular flexibility index (Phi) is 5.33. The van der Waals surface area contributed by atoms with E-state index < -0.39 is 23.6 Å². The number of carbonyl (C=O) groups is 1. The molecule has 3 unspecified atom stereocenters. The number of carboxylic acid groups (broad SMARTS) is 1. The van der Waals surface area contributed by atoms with Gasteiger partial charge >= 0.3 is 12.1 Å². The Balaban J connectivity index is 1.96. The Hall–Kier alpha value is -0.860. The predicted molar refractivity (Wildman–Crippen MR) is 94.7 cm³/mol. The summed E-state index contributed by atoms with van der Waals surface area (Å²) >= 11 is 3.61. The van der Waals surface area contributed by atoms with Gasteiger partial charge in [0.2, 0.25) is 0 Å². The zero-order chi connectivity index (χ0) is 18.2. The van der Waals surface area contributed by atoms with E-state index in [0.29, 0.717) is 0 Å². The quantitative estimate of drug-likeness (QED) is 0.807. The minimum Gasteiger partial charge on any atom is -0.481 e. The van der Waals surface area contributed by atoms with E-state index in [4.69, 9.17) is 0 Å². The van der Waals surface area contributed by atoms with Crippen molar-refractivity contribution in [2.45, 2.75) is 29.6 Å². The Morgan fingerprint density at radius 2 is 1.88 bits per heavy atom. The van der Waals surface area contributed by atoms with Gasteiger partial charge in [-0.3, -0.25) is 4.79 Å². The number of nitrogens with one attached hydrogen (secondary N) is 1. The van der Waals surface area contributed by atoms with Crippen LogP contribution in [-0.2, 0) is 11.0 Å². The number of hydrogen-bond donors (Lipinski definition) is 2. The van der Waals surface area contributed by atoms with Crippen LogP contribution in [0.4, 0.5) is 13.2 Å². The SMILES string of the molecule is CC(C(=O)O)C1C(c2ccc(C(F)(F)F)cc2)NCCC12SCCS2. The highest BCUT2D eigenvalue weighted by atomic mass is 32.2. The molecule has 2 aliphatic rings. The van der Waals surface area contributed by atoms with Crippen LogP contribution in [0, 0.1) is 11.8 Å². The van der Waals surface area contributed by atoms with Gasteiger partial charge in [-0.05, 0) is 30.7 Å². The zero-order valence-electron chi connectivity index (χ0n) is 13.7. The first kappa shape index (κ1) is 18.9. The van der Waals surface area contributed by atoms with Crippen LogP contribution in [0.3, 0.4) is 0 Å². The van der Waals surface area contributed by atoms with E-state index in [1.165, 1.54) is 12.1 Å². The van der Waals surface area contributed by atoms with Crippen molar-refractivity contribution in [1.82, 2.24) is 5.32 Å². The van der Waals surface area contributed by atoms with Crippen molar-refractivity contribution in [2.75, 3.05) is 18.1 Å². The summed E-state index contributed by atoms with van der Waals surface area (Å²) in [7, 11) is 0. The van der Waals surface area contributed by atoms with E-state index >= 15 is 0 Å². The standard InChI is InChI=1S/C17H20F3NO2S2/c1-10(15(22)23)13-14(21-7-6-16(13)24-8-9-25-16)11-2-4-12(5-3-11)17(18,19)20/h2-5,10,13-14,21H,6-9H2,1H3,(H,22,23). The van der Waals surface area contributed by atoms with Crippen LogP contribution in [-0.4, -0.2) is 33.2 Å². The molecule has 8 heteroatoms. The molecule has 2 saturated heterocycles. The van der Waals surface area contributed by atoms with Crippen LogP contribution in [0.1, 0.15) is 30.5 Å². The summed E-state index contributed by atoms with van der Waals surface area (Å²) in [6.45, 7) is 2.44. The van der Waals surface area contributed by atoms with Gasteiger partial charge in [-0.2, -0.15) is 13.2 Å². The molecule has 1 aromatic carbocycles. The number of hydrogen-bond acceptors (Lipinski definition) is 4. The lowest BCUT2D eigenvalue weighted by Crippen LogP contribution is -2.51. The molecule has 3 nitrogen and oxygen atoms in total. The normalized spacial score (nSPS) is 27.4. The van der Waals surface area contributed by atoms with Crippen LogP contribution in [0.15, 0.2) is 24.3 Å². The van der Waals surface area contributed by atoms with Crippen molar-refractivity contribution in [2.24, 2.45) is 11.8 Å². The number of benzene rings is 1. The molecule has 0 aliphatic carbocycles. The Morgan fingerprint density at radius 3 is 2.40 bits per heavy atom. The number of rotatable bonds is 3. The second-order valence-corrected chi connectivity index (χ2v) is 9.57. The third-order valence-corrected chi connectivity index (χ3v) is 8.72. The summed E-state index contributed by atoms with van der Waals surface area (Å²) in [5, 5.41) is 13.0. The third-order valence-electron chi connectivity index (χ3n) is 5.01. The van der Waals surface area contributed by atoms with Gasteiger partial charge in [0.25, 0.3) is 0 Å². The highest BCUT2D eigenvalue weighted by molar-refractivity contribution is 8.21. The molecule has 3 atom stereocenters. The lowest BCUT2D eigenvalue weighted by Gasteiger charge is -2.47. The molecular formula is C17H20F3NO2S2. The fourth-order valence-electron chi connectivity index (χ4n) is 3.78. The van der Waals surface area contributed by atoms with E-state index in [0.717, 1.165) is 42.2 Å². The minimum atomic E-state index is -4.37. The van der Waals surface area contributed by atoms with Crippen molar-refractivity contribution < 1.29 is 23.1 Å². The van der Waals surface area contributed by atoms with Crippen molar-refractivity contribution in [3.8, 4) is 0 Å². The van der Waals surface area contributed by atoms with E-state index in [1.807, 2.05) is 0 Å². The van der Waals surface area contributed by atoms with E-state index in [2.05, 4.69) is 5.32 Å². The number of carboxylic acids is 1. The molecule has 2 heterocycles. The lowest BCUT2D eigenvalue weighted by molar-refractivity contribution is -0.144. The summed E-state index contributed by atoms with van der Waals surface area (Å²) in [4.78, 5) is 11.7. The molecule has 1 aromatic rings. The van der Waals surface area contributed by atoms with Crippen molar-refractivity contribution in [3.05, 3.63) is 35.4 Å². The maximum Gasteiger partial charge on any atom is 0.416 e. The highest BCUT2D eigenvalue weighted by Crippen LogP contribution is 2.58. The minimum absolute atomic E-state index is 0.184. The monoisotopic (exact) mass is 391 g/mol. The van der Waals surface area contributed by atoms with E-state index in [-0.39, 0.29) is 16.0 Å². The number of thioether (sulfide) groups is 2. The molecule has 2 N–H and O–H groups in total. The maximum absolute atomic E-state index is 12.8. The second-order valence-electron chi connectivity index (χ2n) is 6.46. The Morgan fingerprint density at radius 1 is 1.28 bits per heavy atom. The molecule has 0 radical (unpaired) electrons. The van der Waals surface area contributed by atoms with Gasteiger partial charge < -0.3 is 10.4 Å². The van der Waals surface area contributed by atoms with Crippen molar-refractivity contribution in [1.29, 1.82) is 0 Å². The van der Waals surface area contributed by atoms with Crippen LogP contribution in [0.25, 0.3) is 0 Å². The molecular weight excluding hydrogens is 371 g/mol. The molecule has 1 spiro atoms. The lowest BCUT2D eigenvalue weighted by atomic mass is 9.77. The Labute approximate surface area is 153 Å². The molecule has 3 rings (SSSR count). The fraction of sp³-hybridized carbons (Fsp3) is 0.588. The first-order valence-corrected chi connectivity index (χ1v) is 10.1. The van der Waals surface area contributed by atoms with E-state index in [1.54, 1.807) is 30.4 Å². The third kappa shape index (κ3) is 3.66. The van der Waals surface area contributed by atoms with Crippen LogP contribution >= 0.6 is 23.5 Å². The highest BCUT2D eigenvalue weighted by Gasteiger charge is 2.52. The second kappa shape index (κ2) is 7.04. The van der Waals surface area contributed by atoms with Gasteiger partial charge in [0.15, 0.2) is 0 Å². The van der Waals surface area contributed by atoms with Gasteiger partial charge in [-0.1, -0.05) is 19.1 Å². The predicted octanol–water partition coefficient (Wildman–Crippen LogP) is 4.25. The van der Waals surface area contributed by atoms with Crippen LogP contribution in [0.2, 0.25) is 0 Å². The summed E-state index contributed by atoms with van der Waals surface area (Å²) in [5.74, 6) is 0.324. The fourth-order valence-corrected chi connectivity index (χ4v) is 7.53. The van der Waals surface area contributed by atoms with Gasteiger partial charge in [-0.15, -0.1) is 23.5 Å². The largest absolute Gasteiger partial charge is 0.481 e. The van der Waals surface area contributed by atoms with Gasteiger partial charge in [-0.25, -0.2) is 0 Å². The first-order valence-electron chi connectivity index (χ1n) is 8.16. The average molecular weight is 391 g/mol. The molecule has 25 heavy (non-hydrogen) atoms. The first-order chi connectivity index (χ1) is 11.7. The summed E-state index contributed by atoms with van der Waals surface area (Å²) in [6.07, 6.45) is -3.51. The molecule has 2 aliphatic heterocycles. The number of piperidine rings is 1. The molecule has 2 fully saturated rings. The van der Waals surface area contributed by atoms with Gasteiger partial charge in [0.1, 0.15) is 0 Å². The molecule has 0 bridgehead atoms. The van der Waals surface area contributed by atoms with Crippen molar-refractivity contribution in [3.63, 3.8) is 0 Å². The van der Waals surface area contributed by atoms with Gasteiger partial charge in [0, 0.05) is 23.5 Å². The molecule has 0 aromatic heterocycles. The summed E-state index contributed by atoms with van der Waals surface area (Å²) < 4.78 is 38.3. The number of alkyl halides is 3. The van der Waals surface area contributed by atoms with Crippen LogP contribution in [0.5, 0.6) is 0 Å². The molecule has 0 amide bonds. The summed E-state index contributed by atoms with van der Waals surface area (Å²) in [6, 6.07) is 4.85. The van der Waals surface area contributed by atoms with Gasteiger partial charge in [0.05, 0.1) is 15.6 Å². The Bertz CT molecular complexity index is 630. The maximum atomic E-state index is 12.8. The van der Waals surface area contributed by atoms with E-state index in [9.17, 15) is 23.1 Å². The average Bonchev–Trinajstić information content (AvgIpc) is 3.02. The number of halogens is 3. The topological polar surface area (TPSA) is 49.3 Å². The zero-order valence-corrected chi connectivity index (χ0v) is 15.3. The smallest absolute Gasteiger partial charge is 0.416 e.